The molecule has 1 aromatic rings. The van der Waals surface area contributed by atoms with E-state index in [1.807, 2.05) is 11.8 Å². The van der Waals surface area contributed by atoms with Crippen molar-refractivity contribution in [2.24, 2.45) is 0 Å². The predicted octanol–water partition coefficient (Wildman–Crippen LogP) is 3.16. The lowest BCUT2D eigenvalue weighted by Crippen LogP contribution is -2.33. The summed E-state index contributed by atoms with van der Waals surface area (Å²) in [5.41, 5.74) is 9.34. The number of benzene rings is 1. The van der Waals surface area contributed by atoms with E-state index in [0.29, 0.717) is 6.04 Å². The van der Waals surface area contributed by atoms with E-state index < -0.39 is 0 Å². The first-order valence-electron chi connectivity index (χ1n) is 5.68. The molecule has 0 aliphatic carbocycles. The molecule has 1 rings (SSSR count). The zero-order chi connectivity index (χ0) is 12.1. The van der Waals surface area contributed by atoms with E-state index in [1.165, 1.54) is 0 Å². The number of nitrogens with zero attached hydrogens (tertiary/aromatic N) is 1. The lowest BCUT2D eigenvalue weighted by molar-refractivity contribution is 0.674. The van der Waals surface area contributed by atoms with Crippen LogP contribution in [0.25, 0.3) is 0 Å². The molecule has 0 saturated heterocycles. The number of aryl methyl sites for hydroxylation is 1. The average molecular weight is 238 g/mol. The maximum absolute atomic E-state index is 6.12. The van der Waals surface area contributed by atoms with E-state index >= 15 is 0 Å². The molecule has 1 unspecified atom stereocenters. The van der Waals surface area contributed by atoms with Crippen molar-refractivity contribution in [3.63, 3.8) is 0 Å². The summed E-state index contributed by atoms with van der Waals surface area (Å²) < 4.78 is 0. The second-order valence-electron chi connectivity index (χ2n) is 4.14. The number of thioether (sulfide) groups is 1. The molecule has 0 spiro atoms. The Morgan fingerprint density at radius 2 is 2.12 bits per heavy atom. The lowest BCUT2D eigenvalue weighted by atomic mass is 10.1. The third-order valence-corrected chi connectivity index (χ3v) is 3.78. The van der Waals surface area contributed by atoms with Crippen molar-refractivity contribution >= 4 is 23.1 Å². The number of hydrogen-bond donors (Lipinski definition) is 1. The Morgan fingerprint density at radius 1 is 1.44 bits per heavy atom. The molecule has 0 radical (unpaired) electrons. The second kappa shape index (κ2) is 6.04. The van der Waals surface area contributed by atoms with Gasteiger partial charge >= 0.3 is 0 Å². The fraction of sp³-hybridized carbons (Fsp3) is 0.538. The molecule has 0 saturated carbocycles. The van der Waals surface area contributed by atoms with Crippen LogP contribution in [0.15, 0.2) is 18.2 Å². The van der Waals surface area contributed by atoms with Gasteiger partial charge in [-0.2, -0.15) is 11.8 Å². The van der Waals surface area contributed by atoms with Crippen molar-refractivity contribution in [1.29, 1.82) is 0 Å². The maximum Gasteiger partial charge on any atom is 0.0602 e. The molecule has 0 aliphatic rings. The number of hydrogen-bond acceptors (Lipinski definition) is 3. The van der Waals surface area contributed by atoms with Crippen LogP contribution in [-0.2, 0) is 0 Å². The molecule has 2 nitrogen and oxygen atoms in total. The molecular formula is C13H22N2S. The Balaban J connectivity index is 2.94. The van der Waals surface area contributed by atoms with Crippen molar-refractivity contribution < 1.29 is 0 Å². The minimum Gasteiger partial charge on any atom is -0.397 e. The van der Waals surface area contributed by atoms with E-state index in [-0.39, 0.29) is 0 Å². The number of rotatable bonds is 5. The Hall–Kier alpha value is -0.830. The van der Waals surface area contributed by atoms with Crippen LogP contribution in [0.4, 0.5) is 11.4 Å². The molecule has 0 aromatic heterocycles. The molecule has 0 bridgehead atoms. The van der Waals surface area contributed by atoms with Crippen LogP contribution >= 0.6 is 11.8 Å². The van der Waals surface area contributed by atoms with Gasteiger partial charge in [0.1, 0.15) is 0 Å². The summed E-state index contributed by atoms with van der Waals surface area (Å²) in [4.78, 5) is 2.30. The first-order valence-corrected chi connectivity index (χ1v) is 7.08. The van der Waals surface area contributed by atoms with Crippen molar-refractivity contribution in [2.75, 3.05) is 29.7 Å². The standard InChI is InChI=1S/C13H22N2S/c1-5-11(9-16-4)15(3)12-8-6-7-10(2)13(12)14/h6-8,11H,5,9,14H2,1-4H3. The quantitative estimate of drug-likeness (QED) is 0.799. The van der Waals surface area contributed by atoms with Crippen LogP contribution in [0, 0.1) is 6.92 Å². The number of nitrogen functional groups attached to an aromatic ring is 1. The highest BCUT2D eigenvalue weighted by Crippen LogP contribution is 2.27. The van der Waals surface area contributed by atoms with Crippen molar-refractivity contribution in [3.05, 3.63) is 23.8 Å². The number of nitrogens with two attached hydrogens (primary N) is 1. The SMILES string of the molecule is CCC(CSC)N(C)c1cccc(C)c1N. The fourth-order valence-corrected chi connectivity index (χ4v) is 2.71. The molecule has 0 fully saturated rings. The smallest absolute Gasteiger partial charge is 0.0602 e. The zero-order valence-electron chi connectivity index (χ0n) is 10.7. The second-order valence-corrected chi connectivity index (χ2v) is 5.05. The summed E-state index contributed by atoms with van der Waals surface area (Å²) in [6, 6.07) is 6.79. The van der Waals surface area contributed by atoms with E-state index in [2.05, 4.69) is 50.2 Å². The highest BCUT2D eigenvalue weighted by Gasteiger charge is 2.15. The molecule has 2 N–H and O–H groups in total. The van der Waals surface area contributed by atoms with Gasteiger partial charge in [-0.05, 0) is 31.2 Å². The maximum atomic E-state index is 6.12. The number of anilines is 2. The van der Waals surface area contributed by atoms with Gasteiger partial charge in [0.25, 0.3) is 0 Å². The van der Waals surface area contributed by atoms with Crippen LogP contribution in [0.3, 0.4) is 0 Å². The van der Waals surface area contributed by atoms with Crippen LogP contribution < -0.4 is 10.6 Å². The summed E-state index contributed by atoms with van der Waals surface area (Å²) in [5.74, 6) is 1.14. The predicted molar refractivity (Wildman–Crippen MR) is 76.5 cm³/mol. The minimum atomic E-state index is 0.555. The lowest BCUT2D eigenvalue weighted by Gasteiger charge is -2.30. The molecule has 16 heavy (non-hydrogen) atoms. The van der Waals surface area contributed by atoms with Gasteiger partial charge in [0, 0.05) is 18.8 Å². The highest BCUT2D eigenvalue weighted by molar-refractivity contribution is 7.98. The normalized spacial score (nSPS) is 12.5. The zero-order valence-corrected chi connectivity index (χ0v) is 11.5. The van der Waals surface area contributed by atoms with Gasteiger partial charge in [-0.15, -0.1) is 0 Å². The Labute approximate surface area is 103 Å². The van der Waals surface area contributed by atoms with Gasteiger partial charge in [0.15, 0.2) is 0 Å². The van der Waals surface area contributed by atoms with E-state index in [4.69, 9.17) is 5.73 Å². The number of para-hydroxylation sites is 1. The first-order chi connectivity index (χ1) is 7.61. The summed E-state index contributed by atoms with van der Waals surface area (Å²) in [7, 11) is 2.13. The van der Waals surface area contributed by atoms with Gasteiger partial charge in [-0.1, -0.05) is 19.1 Å². The van der Waals surface area contributed by atoms with E-state index in [1.54, 1.807) is 0 Å². The van der Waals surface area contributed by atoms with Crippen LogP contribution in [-0.4, -0.2) is 25.1 Å². The summed E-state index contributed by atoms with van der Waals surface area (Å²) in [6.07, 6.45) is 3.29. The van der Waals surface area contributed by atoms with Crippen molar-refractivity contribution in [2.45, 2.75) is 26.3 Å². The van der Waals surface area contributed by atoms with E-state index in [0.717, 1.165) is 29.1 Å². The molecule has 1 atom stereocenters. The Morgan fingerprint density at radius 3 is 2.69 bits per heavy atom. The van der Waals surface area contributed by atoms with Crippen LogP contribution in [0.2, 0.25) is 0 Å². The third kappa shape index (κ3) is 2.85. The summed E-state index contributed by atoms with van der Waals surface area (Å²) in [6.45, 7) is 4.28. The molecule has 1 aromatic carbocycles. The van der Waals surface area contributed by atoms with Gasteiger partial charge in [0.05, 0.1) is 11.4 Å². The largest absolute Gasteiger partial charge is 0.397 e. The monoisotopic (exact) mass is 238 g/mol. The summed E-state index contributed by atoms with van der Waals surface area (Å²) in [5, 5.41) is 0. The van der Waals surface area contributed by atoms with E-state index in [9.17, 15) is 0 Å². The Kier molecular flexibility index (Phi) is 5.00. The average Bonchev–Trinajstić information content (AvgIpc) is 2.29. The molecule has 3 heteroatoms. The molecule has 0 aliphatic heterocycles. The van der Waals surface area contributed by atoms with Gasteiger partial charge in [-0.25, -0.2) is 0 Å². The molecule has 0 heterocycles. The molecule has 0 amide bonds. The molecule has 90 valence electrons. The van der Waals surface area contributed by atoms with Crippen LogP contribution in [0.1, 0.15) is 18.9 Å². The van der Waals surface area contributed by atoms with Crippen LogP contribution in [0.5, 0.6) is 0 Å². The van der Waals surface area contributed by atoms with Gasteiger partial charge in [-0.3, -0.25) is 0 Å². The fourth-order valence-electron chi connectivity index (χ4n) is 1.87. The first kappa shape index (κ1) is 13.2. The van der Waals surface area contributed by atoms with Crippen molar-refractivity contribution in [3.8, 4) is 0 Å². The molecular weight excluding hydrogens is 216 g/mol. The van der Waals surface area contributed by atoms with Crippen molar-refractivity contribution in [1.82, 2.24) is 0 Å². The Bertz CT molecular complexity index is 339. The third-order valence-electron chi connectivity index (χ3n) is 3.06. The summed E-state index contributed by atoms with van der Waals surface area (Å²) >= 11 is 1.88. The minimum absolute atomic E-state index is 0.555. The highest BCUT2D eigenvalue weighted by atomic mass is 32.2. The van der Waals surface area contributed by atoms with Gasteiger partial charge < -0.3 is 10.6 Å². The topological polar surface area (TPSA) is 29.3 Å². The van der Waals surface area contributed by atoms with Gasteiger partial charge in [0.2, 0.25) is 0 Å².